The Balaban J connectivity index is 2.97. The lowest BCUT2D eigenvalue weighted by Crippen LogP contribution is -2.21. The van der Waals surface area contributed by atoms with Crippen molar-refractivity contribution < 1.29 is 14.3 Å². The first-order valence-electron chi connectivity index (χ1n) is 4.56. The SMILES string of the molecule is CCCCCOCC(O)CO[SiH3]. The van der Waals surface area contributed by atoms with Crippen LogP contribution in [0.25, 0.3) is 0 Å². The number of aliphatic hydroxyl groups is 1. The van der Waals surface area contributed by atoms with Crippen LogP contribution < -0.4 is 0 Å². The highest BCUT2D eigenvalue weighted by Gasteiger charge is 2.01. The normalized spacial score (nSPS) is 13.5. The van der Waals surface area contributed by atoms with Gasteiger partial charge in [0, 0.05) is 6.61 Å². The molecule has 0 amide bonds. The van der Waals surface area contributed by atoms with Gasteiger partial charge in [-0.2, -0.15) is 0 Å². The van der Waals surface area contributed by atoms with Gasteiger partial charge in [-0.25, -0.2) is 0 Å². The summed E-state index contributed by atoms with van der Waals surface area (Å²) in [6, 6.07) is 0. The Morgan fingerprint density at radius 3 is 2.67 bits per heavy atom. The fourth-order valence-corrected chi connectivity index (χ4v) is 1.30. The van der Waals surface area contributed by atoms with E-state index in [0.717, 1.165) is 13.0 Å². The molecular weight excluding hydrogens is 172 g/mol. The third kappa shape index (κ3) is 8.20. The third-order valence-corrected chi connectivity index (χ3v) is 1.89. The molecule has 0 aliphatic rings. The van der Waals surface area contributed by atoms with E-state index in [2.05, 4.69) is 6.92 Å². The van der Waals surface area contributed by atoms with Crippen LogP contribution in [0.3, 0.4) is 0 Å². The van der Waals surface area contributed by atoms with Gasteiger partial charge >= 0.3 is 0 Å². The van der Waals surface area contributed by atoms with E-state index in [1.807, 2.05) is 0 Å². The minimum atomic E-state index is -0.441. The summed E-state index contributed by atoms with van der Waals surface area (Å²) in [7, 11) is 0.682. The fraction of sp³-hybridized carbons (Fsp3) is 1.00. The van der Waals surface area contributed by atoms with E-state index in [0.29, 0.717) is 23.7 Å². The maximum atomic E-state index is 9.18. The largest absolute Gasteiger partial charge is 0.425 e. The summed E-state index contributed by atoms with van der Waals surface area (Å²) in [4.78, 5) is 0. The van der Waals surface area contributed by atoms with Gasteiger partial charge in [0.25, 0.3) is 0 Å². The van der Waals surface area contributed by atoms with Gasteiger partial charge in [0.05, 0.1) is 19.3 Å². The molecule has 0 fully saturated rings. The molecule has 0 aromatic rings. The van der Waals surface area contributed by atoms with Gasteiger partial charge in [0.2, 0.25) is 0 Å². The average molecular weight is 192 g/mol. The Kier molecular flexibility index (Phi) is 9.26. The molecule has 1 unspecified atom stereocenters. The topological polar surface area (TPSA) is 38.7 Å². The zero-order chi connectivity index (χ0) is 9.23. The molecule has 1 N–H and O–H groups in total. The van der Waals surface area contributed by atoms with Crippen molar-refractivity contribution in [3.8, 4) is 0 Å². The predicted molar refractivity (Wildman–Crippen MR) is 52.2 cm³/mol. The van der Waals surface area contributed by atoms with Gasteiger partial charge in [0.1, 0.15) is 10.5 Å². The Morgan fingerprint density at radius 2 is 2.08 bits per heavy atom. The molecule has 0 spiro atoms. The Hall–Kier alpha value is 0.0969. The van der Waals surface area contributed by atoms with Crippen molar-refractivity contribution in [3.05, 3.63) is 0 Å². The van der Waals surface area contributed by atoms with E-state index < -0.39 is 6.10 Å². The van der Waals surface area contributed by atoms with Crippen LogP contribution in [0, 0.1) is 0 Å². The molecule has 12 heavy (non-hydrogen) atoms. The van der Waals surface area contributed by atoms with Crippen LogP contribution in [-0.4, -0.2) is 41.5 Å². The highest BCUT2D eigenvalue weighted by Crippen LogP contribution is 1.95. The molecule has 0 aliphatic heterocycles. The molecule has 1 atom stereocenters. The highest BCUT2D eigenvalue weighted by atomic mass is 28.2. The second kappa shape index (κ2) is 9.19. The first kappa shape index (κ1) is 12.1. The monoisotopic (exact) mass is 192 g/mol. The van der Waals surface area contributed by atoms with Gasteiger partial charge in [-0.1, -0.05) is 19.8 Å². The quantitative estimate of drug-likeness (QED) is 0.429. The highest BCUT2D eigenvalue weighted by molar-refractivity contribution is 5.97. The second-order valence-electron chi connectivity index (χ2n) is 2.89. The predicted octanol–water partition coefficient (Wildman–Crippen LogP) is -0.149. The zero-order valence-corrected chi connectivity index (χ0v) is 10.1. The molecule has 0 aliphatic carbocycles. The van der Waals surface area contributed by atoms with Crippen molar-refractivity contribution in [2.75, 3.05) is 19.8 Å². The molecule has 0 heterocycles. The molecule has 0 saturated heterocycles. The first-order chi connectivity index (χ1) is 5.81. The number of unbranched alkanes of at least 4 members (excludes halogenated alkanes) is 2. The van der Waals surface area contributed by atoms with Crippen LogP contribution >= 0.6 is 0 Å². The van der Waals surface area contributed by atoms with Crippen LogP contribution in [0.5, 0.6) is 0 Å². The molecule has 0 aromatic carbocycles. The molecule has 0 rings (SSSR count). The summed E-state index contributed by atoms with van der Waals surface area (Å²) in [5.74, 6) is 0. The summed E-state index contributed by atoms with van der Waals surface area (Å²) < 4.78 is 10.1. The minimum Gasteiger partial charge on any atom is -0.425 e. The van der Waals surface area contributed by atoms with Crippen molar-refractivity contribution in [1.29, 1.82) is 0 Å². The van der Waals surface area contributed by atoms with Gasteiger partial charge in [-0.15, -0.1) is 0 Å². The molecule has 0 aromatic heterocycles. The van der Waals surface area contributed by atoms with E-state index in [1.54, 1.807) is 0 Å². The van der Waals surface area contributed by atoms with Crippen LogP contribution in [0.4, 0.5) is 0 Å². The van der Waals surface area contributed by atoms with Crippen LogP contribution in [-0.2, 0) is 9.16 Å². The number of hydrogen-bond acceptors (Lipinski definition) is 3. The standard InChI is InChI=1S/C8H20O3Si/c1-2-3-4-5-10-6-8(9)7-11-12/h8-9H,2-7H2,1,12H3. The van der Waals surface area contributed by atoms with Gasteiger partial charge < -0.3 is 14.3 Å². The third-order valence-electron chi connectivity index (χ3n) is 1.56. The number of hydrogen-bond donors (Lipinski definition) is 1. The zero-order valence-electron chi connectivity index (χ0n) is 8.08. The summed E-state index contributed by atoms with van der Waals surface area (Å²) in [6.07, 6.45) is 3.05. The fourth-order valence-electron chi connectivity index (χ4n) is 0.914. The van der Waals surface area contributed by atoms with E-state index in [-0.39, 0.29) is 0 Å². The lowest BCUT2D eigenvalue weighted by Gasteiger charge is -2.09. The summed E-state index contributed by atoms with van der Waals surface area (Å²) in [5, 5.41) is 9.18. The maximum Gasteiger partial charge on any atom is 0.146 e. The Bertz CT molecular complexity index is 90.4. The van der Waals surface area contributed by atoms with Crippen molar-refractivity contribution in [2.24, 2.45) is 0 Å². The smallest absolute Gasteiger partial charge is 0.146 e. The molecule has 0 saturated carbocycles. The molecule has 74 valence electrons. The van der Waals surface area contributed by atoms with Crippen molar-refractivity contribution in [2.45, 2.75) is 32.3 Å². The van der Waals surface area contributed by atoms with Gasteiger partial charge in [-0.05, 0) is 6.42 Å². The van der Waals surface area contributed by atoms with Crippen molar-refractivity contribution in [3.63, 3.8) is 0 Å². The maximum absolute atomic E-state index is 9.18. The summed E-state index contributed by atoms with van der Waals surface area (Å²) in [6.45, 7) is 3.74. The summed E-state index contributed by atoms with van der Waals surface area (Å²) in [5.41, 5.74) is 0. The van der Waals surface area contributed by atoms with Crippen LogP contribution in [0.15, 0.2) is 0 Å². The average Bonchev–Trinajstić information content (AvgIpc) is 2.05. The lowest BCUT2D eigenvalue weighted by atomic mass is 10.3. The van der Waals surface area contributed by atoms with E-state index in [1.165, 1.54) is 12.8 Å². The van der Waals surface area contributed by atoms with E-state index in [9.17, 15) is 5.11 Å². The van der Waals surface area contributed by atoms with Crippen LogP contribution in [0.1, 0.15) is 26.2 Å². The molecule has 4 heteroatoms. The summed E-state index contributed by atoms with van der Waals surface area (Å²) >= 11 is 0. The Labute approximate surface area is 77.6 Å². The van der Waals surface area contributed by atoms with Crippen molar-refractivity contribution >= 4 is 10.5 Å². The lowest BCUT2D eigenvalue weighted by molar-refractivity contribution is 0.0126. The second-order valence-corrected chi connectivity index (χ2v) is 3.47. The number of ether oxygens (including phenoxy) is 1. The molecule has 0 radical (unpaired) electrons. The van der Waals surface area contributed by atoms with Gasteiger partial charge in [-0.3, -0.25) is 0 Å². The molecule has 3 nitrogen and oxygen atoms in total. The molecular formula is C8H20O3Si. The van der Waals surface area contributed by atoms with E-state index in [4.69, 9.17) is 9.16 Å². The number of aliphatic hydroxyl groups excluding tert-OH is 1. The van der Waals surface area contributed by atoms with E-state index >= 15 is 0 Å². The minimum absolute atomic E-state index is 0.409. The first-order valence-corrected chi connectivity index (χ1v) is 5.37. The number of rotatable bonds is 8. The van der Waals surface area contributed by atoms with Gasteiger partial charge in [0.15, 0.2) is 0 Å². The van der Waals surface area contributed by atoms with Crippen molar-refractivity contribution in [1.82, 2.24) is 0 Å². The van der Waals surface area contributed by atoms with Crippen LogP contribution in [0.2, 0.25) is 0 Å². The molecule has 0 bridgehead atoms. The Morgan fingerprint density at radius 1 is 1.33 bits per heavy atom.